The largest absolute Gasteiger partial charge is 0.476 e. The summed E-state index contributed by atoms with van der Waals surface area (Å²) in [7, 11) is 0. The van der Waals surface area contributed by atoms with Crippen molar-refractivity contribution in [3.05, 3.63) is 40.7 Å². The molecule has 1 aromatic carbocycles. The third-order valence-electron chi connectivity index (χ3n) is 2.66. The number of halogens is 1. The van der Waals surface area contributed by atoms with Crippen LogP contribution < -0.4 is 0 Å². The summed E-state index contributed by atoms with van der Waals surface area (Å²) in [5.41, 5.74) is 0.672. The number of nitrogens with zero attached hydrogens (tertiary/aromatic N) is 3. The molecule has 0 bridgehead atoms. The average molecular weight is 280 g/mol. The molecule has 1 N–H and O–H groups in total. The van der Waals surface area contributed by atoms with Crippen LogP contribution in [0.15, 0.2) is 24.3 Å². The third kappa shape index (κ3) is 2.46. The molecule has 0 aliphatic rings. The molecule has 6 heteroatoms. The van der Waals surface area contributed by atoms with Crippen LogP contribution in [0.5, 0.6) is 0 Å². The summed E-state index contributed by atoms with van der Waals surface area (Å²) >= 11 is 6.13. The highest BCUT2D eigenvalue weighted by Crippen LogP contribution is 2.29. The zero-order chi connectivity index (χ0) is 14.2. The molecule has 2 rings (SSSR count). The minimum atomic E-state index is -1.09. The zero-order valence-corrected chi connectivity index (χ0v) is 11.6. The van der Waals surface area contributed by atoms with Crippen LogP contribution in [0.3, 0.4) is 0 Å². The quantitative estimate of drug-likeness (QED) is 0.918. The Morgan fingerprint density at radius 3 is 2.47 bits per heavy atom. The molecule has 0 spiro atoms. The van der Waals surface area contributed by atoms with Crippen LogP contribution in [0, 0.1) is 0 Å². The lowest BCUT2D eigenvalue weighted by Gasteiger charge is -2.20. The molecule has 0 atom stereocenters. The summed E-state index contributed by atoms with van der Waals surface area (Å²) < 4.78 is 1.49. The number of rotatable bonds is 2. The maximum absolute atomic E-state index is 11.2. The number of para-hydroxylation sites is 1. The molecule has 0 aliphatic heterocycles. The maximum Gasteiger partial charge on any atom is 0.358 e. The van der Waals surface area contributed by atoms with Gasteiger partial charge >= 0.3 is 5.97 Å². The Morgan fingerprint density at radius 1 is 1.32 bits per heavy atom. The van der Waals surface area contributed by atoms with Gasteiger partial charge < -0.3 is 5.11 Å². The van der Waals surface area contributed by atoms with Crippen LogP contribution in [0.1, 0.15) is 37.0 Å². The molecule has 0 aliphatic carbocycles. The van der Waals surface area contributed by atoms with Crippen molar-refractivity contribution in [3.63, 3.8) is 0 Å². The maximum atomic E-state index is 11.2. The van der Waals surface area contributed by atoms with Gasteiger partial charge in [-0.1, -0.05) is 49.7 Å². The van der Waals surface area contributed by atoms with Crippen molar-refractivity contribution in [1.82, 2.24) is 15.0 Å². The molecule has 0 saturated heterocycles. The van der Waals surface area contributed by atoms with E-state index in [1.54, 1.807) is 18.2 Å². The fourth-order valence-corrected chi connectivity index (χ4v) is 2.11. The predicted molar refractivity (Wildman–Crippen MR) is 72.0 cm³/mol. The van der Waals surface area contributed by atoms with Crippen molar-refractivity contribution in [2.24, 2.45) is 0 Å². The topological polar surface area (TPSA) is 68.0 Å². The first-order chi connectivity index (χ1) is 8.82. The number of hydrogen-bond acceptors (Lipinski definition) is 3. The van der Waals surface area contributed by atoms with E-state index >= 15 is 0 Å². The lowest BCUT2D eigenvalue weighted by Crippen LogP contribution is -2.21. The van der Waals surface area contributed by atoms with Crippen molar-refractivity contribution in [2.75, 3.05) is 0 Å². The molecule has 0 unspecified atom stereocenters. The number of hydrogen-bond donors (Lipinski definition) is 1. The first-order valence-electron chi connectivity index (χ1n) is 5.76. The summed E-state index contributed by atoms with van der Waals surface area (Å²) in [6, 6.07) is 7.12. The molecule has 0 radical (unpaired) electrons. The van der Waals surface area contributed by atoms with E-state index in [1.807, 2.05) is 26.8 Å². The molecular weight excluding hydrogens is 266 g/mol. The van der Waals surface area contributed by atoms with Gasteiger partial charge in [0.25, 0.3) is 0 Å². The van der Waals surface area contributed by atoms with Gasteiger partial charge in [-0.3, -0.25) is 0 Å². The van der Waals surface area contributed by atoms with Crippen molar-refractivity contribution in [1.29, 1.82) is 0 Å². The first-order valence-corrected chi connectivity index (χ1v) is 6.14. The van der Waals surface area contributed by atoms with Gasteiger partial charge in [0.05, 0.1) is 16.4 Å². The van der Waals surface area contributed by atoms with E-state index < -0.39 is 11.4 Å². The van der Waals surface area contributed by atoms with E-state index in [2.05, 4.69) is 10.3 Å². The molecule has 19 heavy (non-hydrogen) atoms. The van der Waals surface area contributed by atoms with Crippen LogP contribution in [0.4, 0.5) is 0 Å². The van der Waals surface area contributed by atoms with Crippen LogP contribution >= 0.6 is 11.6 Å². The van der Waals surface area contributed by atoms with E-state index in [1.165, 1.54) is 4.68 Å². The van der Waals surface area contributed by atoms with Crippen molar-refractivity contribution >= 4 is 17.6 Å². The summed E-state index contributed by atoms with van der Waals surface area (Å²) in [6.45, 7) is 5.72. The fourth-order valence-electron chi connectivity index (χ4n) is 1.89. The summed E-state index contributed by atoms with van der Waals surface area (Å²) in [6.07, 6.45) is 0. The van der Waals surface area contributed by atoms with Crippen molar-refractivity contribution in [3.8, 4) is 5.69 Å². The lowest BCUT2D eigenvalue weighted by atomic mass is 9.90. The number of carboxylic acids is 1. The smallest absolute Gasteiger partial charge is 0.358 e. The van der Waals surface area contributed by atoms with E-state index in [-0.39, 0.29) is 5.69 Å². The highest BCUT2D eigenvalue weighted by atomic mass is 35.5. The van der Waals surface area contributed by atoms with Gasteiger partial charge in [0.15, 0.2) is 5.69 Å². The summed E-state index contributed by atoms with van der Waals surface area (Å²) in [5.74, 6) is -1.09. The number of carboxylic acid groups (broad SMARTS) is 1. The summed E-state index contributed by atoms with van der Waals surface area (Å²) in [4.78, 5) is 11.2. The van der Waals surface area contributed by atoms with Gasteiger partial charge in [0.2, 0.25) is 0 Å². The Kier molecular flexibility index (Phi) is 3.32. The lowest BCUT2D eigenvalue weighted by molar-refractivity contribution is 0.0687. The number of benzene rings is 1. The van der Waals surface area contributed by atoms with Gasteiger partial charge in [-0.05, 0) is 12.1 Å². The third-order valence-corrected chi connectivity index (χ3v) is 2.98. The van der Waals surface area contributed by atoms with Crippen molar-refractivity contribution < 1.29 is 9.90 Å². The molecule has 0 amide bonds. The Labute approximate surface area is 115 Å². The van der Waals surface area contributed by atoms with Gasteiger partial charge in [-0.15, -0.1) is 5.10 Å². The van der Waals surface area contributed by atoms with Crippen LogP contribution in [-0.2, 0) is 5.41 Å². The molecule has 100 valence electrons. The molecule has 5 nitrogen and oxygen atoms in total. The molecule has 0 fully saturated rings. The Hall–Kier alpha value is -1.88. The Bertz CT molecular complexity index is 629. The van der Waals surface area contributed by atoms with Gasteiger partial charge in [0.1, 0.15) is 0 Å². The second kappa shape index (κ2) is 4.66. The molecular formula is C13H14ClN3O2. The van der Waals surface area contributed by atoms with Gasteiger partial charge in [-0.2, -0.15) is 0 Å². The molecule has 0 saturated carbocycles. The molecule has 2 aromatic rings. The second-order valence-electron chi connectivity index (χ2n) is 5.21. The standard InChI is InChI=1S/C13H14ClN3O2/c1-13(2,3)11-10(12(18)19)15-16-17(11)9-7-5-4-6-8(9)14/h4-7H,1-3H3,(H,18,19). The highest BCUT2D eigenvalue weighted by molar-refractivity contribution is 6.32. The van der Waals surface area contributed by atoms with E-state index in [9.17, 15) is 9.90 Å². The first kappa shape index (κ1) is 13.5. The summed E-state index contributed by atoms with van der Waals surface area (Å²) in [5, 5.41) is 17.4. The SMILES string of the molecule is CC(C)(C)c1c(C(=O)O)nnn1-c1ccccc1Cl. The van der Waals surface area contributed by atoms with Crippen LogP contribution in [0.2, 0.25) is 5.02 Å². The second-order valence-corrected chi connectivity index (χ2v) is 5.61. The highest BCUT2D eigenvalue weighted by Gasteiger charge is 2.30. The normalized spacial score (nSPS) is 11.6. The van der Waals surface area contributed by atoms with Crippen molar-refractivity contribution in [2.45, 2.75) is 26.2 Å². The monoisotopic (exact) mass is 279 g/mol. The fraction of sp³-hybridized carbons (Fsp3) is 0.308. The number of carbonyl (C=O) groups is 1. The molecule has 1 heterocycles. The average Bonchev–Trinajstić information content (AvgIpc) is 2.73. The zero-order valence-electron chi connectivity index (χ0n) is 10.9. The minimum Gasteiger partial charge on any atom is -0.476 e. The Balaban J connectivity index is 2.73. The van der Waals surface area contributed by atoms with E-state index in [0.29, 0.717) is 16.4 Å². The minimum absolute atomic E-state index is 0.0487. The van der Waals surface area contributed by atoms with E-state index in [4.69, 9.17) is 11.6 Å². The number of aromatic carboxylic acids is 1. The van der Waals surface area contributed by atoms with Crippen LogP contribution in [0.25, 0.3) is 5.69 Å². The van der Waals surface area contributed by atoms with Gasteiger partial charge in [0, 0.05) is 5.41 Å². The predicted octanol–water partition coefficient (Wildman–Crippen LogP) is 2.92. The van der Waals surface area contributed by atoms with E-state index in [0.717, 1.165) is 0 Å². The molecule has 1 aromatic heterocycles. The number of aromatic nitrogens is 3. The van der Waals surface area contributed by atoms with Gasteiger partial charge in [-0.25, -0.2) is 9.48 Å². The van der Waals surface area contributed by atoms with Crippen LogP contribution in [-0.4, -0.2) is 26.1 Å². The Morgan fingerprint density at radius 2 is 1.95 bits per heavy atom.